The van der Waals surface area contributed by atoms with Crippen LogP contribution in [0.2, 0.25) is 5.02 Å². The van der Waals surface area contributed by atoms with E-state index in [0.717, 1.165) is 0 Å². The Balaban J connectivity index is 1.64. The number of nitrogen functional groups attached to an aromatic ring is 1. The molecule has 35 heavy (non-hydrogen) atoms. The molecule has 0 atom stereocenters. The number of anilines is 3. The number of nitrogens with one attached hydrogen (secondary N) is 2. The highest BCUT2D eigenvalue weighted by Gasteiger charge is 2.20. The van der Waals surface area contributed by atoms with E-state index in [1.807, 2.05) is 13.2 Å². The first-order chi connectivity index (χ1) is 16.8. The molecule has 0 bridgehead atoms. The standard InChI is InChI=1S/C24H21ClN6O3S/c1-3-31(19-7-5-4-6-17(19)26)23(34)13-8-9-16(25)18(11-13)28-21(32)15-10-14-12-27-24(35-2)30-20(14)29-22(15)33/h4-12H,3,26H2,1-2H3,(H,28,32)(H,27,29,30,33). The average Bonchev–Trinajstić information content (AvgIpc) is 2.85. The number of thioether (sulfide) groups is 1. The van der Waals surface area contributed by atoms with Crippen LogP contribution in [-0.4, -0.2) is 39.6 Å². The van der Waals surface area contributed by atoms with Gasteiger partial charge in [0, 0.05) is 23.7 Å². The number of carbonyl (C=O) groups excluding carboxylic acids is 2. The number of halogens is 1. The van der Waals surface area contributed by atoms with Crippen LogP contribution in [0.25, 0.3) is 11.0 Å². The number of rotatable bonds is 6. The number of nitrogens with zero attached hydrogens (tertiary/aromatic N) is 3. The summed E-state index contributed by atoms with van der Waals surface area (Å²) in [5.41, 5.74) is 7.16. The van der Waals surface area contributed by atoms with E-state index in [1.54, 1.807) is 30.3 Å². The van der Waals surface area contributed by atoms with Crippen molar-refractivity contribution in [2.24, 2.45) is 0 Å². The SMILES string of the molecule is CCN(C(=O)c1ccc(Cl)c(NC(=O)c2cc3cnc(SC)nc3[nH]c2=O)c1)c1ccccc1N. The number of aromatic nitrogens is 3. The summed E-state index contributed by atoms with van der Waals surface area (Å²) in [5.74, 6) is -1.00. The lowest BCUT2D eigenvalue weighted by atomic mass is 10.1. The van der Waals surface area contributed by atoms with Crippen molar-refractivity contribution in [1.29, 1.82) is 0 Å². The molecule has 4 N–H and O–H groups in total. The third-order valence-corrected chi connectivity index (χ3v) is 6.14. The summed E-state index contributed by atoms with van der Waals surface area (Å²) >= 11 is 7.62. The highest BCUT2D eigenvalue weighted by atomic mass is 35.5. The molecule has 0 fully saturated rings. The lowest BCUT2D eigenvalue weighted by Gasteiger charge is -2.23. The minimum atomic E-state index is -0.687. The van der Waals surface area contributed by atoms with Gasteiger partial charge in [-0.15, -0.1) is 0 Å². The molecule has 0 aliphatic carbocycles. The van der Waals surface area contributed by atoms with Crippen molar-refractivity contribution in [3.63, 3.8) is 0 Å². The maximum Gasteiger partial charge on any atom is 0.262 e. The Morgan fingerprint density at radius 1 is 1.20 bits per heavy atom. The average molecular weight is 509 g/mol. The number of pyridine rings is 1. The van der Waals surface area contributed by atoms with Gasteiger partial charge in [-0.25, -0.2) is 9.97 Å². The van der Waals surface area contributed by atoms with E-state index < -0.39 is 11.5 Å². The number of aromatic amines is 1. The number of carbonyl (C=O) groups is 2. The summed E-state index contributed by atoms with van der Waals surface area (Å²) in [5, 5.41) is 3.84. The zero-order valence-corrected chi connectivity index (χ0v) is 20.4. The predicted octanol–water partition coefficient (Wildman–Crippen LogP) is 4.19. The topological polar surface area (TPSA) is 134 Å². The molecule has 2 heterocycles. The molecule has 11 heteroatoms. The summed E-state index contributed by atoms with van der Waals surface area (Å²) in [6.07, 6.45) is 3.35. The molecule has 0 aliphatic rings. The van der Waals surface area contributed by atoms with Crippen molar-refractivity contribution >= 4 is 63.3 Å². The van der Waals surface area contributed by atoms with Crippen LogP contribution < -0.4 is 21.5 Å². The zero-order valence-electron chi connectivity index (χ0n) is 18.8. The number of para-hydroxylation sites is 2. The molecule has 4 aromatic rings. The summed E-state index contributed by atoms with van der Waals surface area (Å²) in [7, 11) is 0. The van der Waals surface area contributed by atoms with Crippen molar-refractivity contribution in [2.75, 3.05) is 28.8 Å². The van der Waals surface area contributed by atoms with Crippen molar-refractivity contribution in [3.8, 4) is 0 Å². The van der Waals surface area contributed by atoms with Crippen molar-refractivity contribution in [3.05, 3.63) is 81.2 Å². The molecule has 9 nitrogen and oxygen atoms in total. The Kier molecular flexibility index (Phi) is 7.04. The number of hydrogen-bond acceptors (Lipinski definition) is 7. The molecular formula is C24H21ClN6O3S. The first kappa shape index (κ1) is 24.2. The molecule has 0 aliphatic heterocycles. The Morgan fingerprint density at radius 3 is 2.69 bits per heavy atom. The Morgan fingerprint density at radius 2 is 1.97 bits per heavy atom. The quantitative estimate of drug-likeness (QED) is 0.202. The molecule has 4 rings (SSSR count). The second-order valence-electron chi connectivity index (χ2n) is 7.43. The normalized spacial score (nSPS) is 10.8. The number of hydrogen-bond donors (Lipinski definition) is 3. The van der Waals surface area contributed by atoms with Crippen LogP contribution in [0.4, 0.5) is 17.1 Å². The number of fused-ring (bicyclic) bond motifs is 1. The number of H-pyrrole nitrogens is 1. The Bertz CT molecular complexity index is 1510. The monoisotopic (exact) mass is 508 g/mol. The van der Waals surface area contributed by atoms with Gasteiger partial charge in [0.05, 0.1) is 22.1 Å². The molecule has 0 unspecified atom stereocenters. The summed E-state index contributed by atoms with van der Waals surface area (Å²) in [6, 6.07) is 13.0. The Labute approximate surface area is 209 Å². The smallest absolute Gasteiger partial charge is 0.262 e. The fourth-order valence-corrected chi connectivity index (χ4v) is 4.01. The third-order valence-electron chi connectivity index (χ3n) is 5.25. The fourth-order valence-electron chi connectivity index (χ4n) is 3.50. The van der Waals surface area contributed by atoms with Gasteiger partial charge in [-0.05, 0) is 49.6 Å². The lowest BCUT2D eigenvalue weighted by molar-refractivity contribution is 0.0985. The number of amides is 2. The molecule has 2 aromatic carbocycles. The molecule has 0 saturated heterocycles. The van der Waals surface area contributed by atoms with E-state index in [-0.39, 0.29) is 22.2 Å². The van der Waals surface area contributed by atoms with Crippen molar-refractivity contribution < 1.29 is 9.59 Å². The van der Waals surface area contributed by atoms with Gasteiger partial charge in [0.2, 0.25) is 0 Å². The van der Waals surface area contributed by atoms with Gasteiger partial charge >= 0.3 is 0 Å². The van der Waals surface area contributed by atoms with Crippen LogP contribution in [0.15, 0.2) is 64.7 Å². The molecule has 0 spiro atoms. The lowest BCUT2D eigenvalue weighted by Crippen LogP contribution is -2.31. The van der Waals surface area contributed by atoms with Crippen molar-refractivity contribution in [2.45, 2.75) is 12.1 Å². The van der Waals surface area contributed by atoms with Crippen LogP contribution in [0.3, 0.4) is 0 Å². The highest BCUT2D eigenvalue weighted by Crippen LogP contribution is 2.28. The second-order valence-corrected chi connectivity index (χ2v) is 8.61. The summed E-state index contributed by atoms with van der Waals surface area (Å²) in [4.78, 5) is 51.3. The van der Waals surface area contributed by atoms with E-state index in [2.05, 4.69) is 20.3 Å². The third kappa shape index (κ3) is 4.98. The van der Waals surface area contributed by atoms with E-state index in [0.29, 0.717) is 39.7 Å². The van der Waals surface area contributed by atoms with Crippen LogP contribution >= 0.6 is 23.4 Å². The summed E-state index contributed by atoms with van der Waals surface area (Å²) in [6.45, 7) is 2.21. The van der Waals surface area contributed by atoms with Crippen LogP contribution in [0.1, 0.15) is 27.6 Å². The van der Waals surface area contributed by atoms with Gasteiger partial charge in [0.15, 0.2) is 5.16 Å². The van der Waals surface area contributed by atoms with Gasteiger partial charge < -0.3 is 20.9 Å². The number of benzene rings is 2. The first-order valence-electron chi connectivity index (χ1n) is 10.5. The second kappa shape index (κ2) is 10.2. The van der Waals surface area contributed by atoms with Gasteiger partial charge in [0.1, 0.15) is 11.2 Å². The van der Waals surface area contributed by atoms with Crippen LogP contribution in [0, 0.1) is 0 Å². The predicted molar refractivity (Wildman–Crippen MR) is 140 cm³/mol. The van der Waals surface area contributed by atoms with E-state index >= 15 is 0 Å². The van der Waals surface area contributed by atoms with Gasteiger partial charge in [-0.2, -0.15) is 0 Å². The first-order valence-corrected chi connectivity index (χ1v) is 12.1. The number of nitrogens with two attached hydrogens (primary N) is 1. The molecule has 2 aromatic heterocycles. The maximum absolute atomic E-state index is 13.2. The van der Waals surface area contributed by atoms with Crippen molar-refractivity contribution in [1.82, 2.24) is 15.0 Å². The molecular weight excluding hydrogens is 488 g/mol. The Hall–Kier alpha value is -3.89. The maximum atomic E-state index is 13.2. The molecule has 178 valence electrons. The van der Waals surface area contributed by atoms with E-state index in [4.69, 9.17) is 17.3 Å². The summed E-state index contributed by atoms with van der Waals surface area (Å²) < 4.78 is 0. The molecule has 0 radical (unpaired) electrons. The van der Waals surface area contributed by atoms with Gasteiger partial charge in [-0.1, -0.05) is 35.5 Å². The molecule has 0 saturated carbocycles. The van der Waals surface area contributed by atoms with E-state index in [1.165, 1.54) is 41.1 Å². The minimum Gasteiger partial charge on any atom is -0.397 e. The van der Waals surface area contributed by atoms with E-state index in [9.17, 15) is 14.4 Å². The minimum absolute atomic E-state index is 0.141. The van der Waals surface area contributed by atoms with Crippen LogP contribution in [-0.2, 0) is 0 Å². The zero-order chi connectivity index (χ0) is 25.1. The highest BCUT2D eigenvalue weighted by molar-refractivity contribution is 7.98. The van der Waals surface area contributed by atoms with Crippen LogP contribution in [0.5, 0.6) is 0 Å². The molecule has 2 amide bonds. The largest absolute Gasteiger partial charge is 0.397 e. The van der Waals surface area contributed by atoms with Gasteiger partial charge in [0.25, 0.3) is 17.4 Å². The van der Waals surface area contributed by atoms with Gasteiger partial charge in [-0.3, -0.25) is 14.4 Å². The fraction of sp³-hybridized carbons (Fsp3) is 0.125.